The third kappa shape index (κ3) is 2.96. The van der Waals surface area contributed by atoms with Crippen LogP contribution in [0.5, 0.6) is 11.5 Å². The summed E-state index contributed by atoms with van der Waals surface area (Å²) in [6, 6.07) is 18.2. The first-order chi connectivity index (χ1) is 9.30. The highest BCUT2D eigenvalue weighted by molar-refractivity contribution is 5.33. The van der Waals surface area contributed by atoms with E-state index in [9.17, 15) is 0 Å². The molecule has 0 atom stereocenters. The van der Waals surface area contributed by atoms with Crippen LogP contribution in [0.25, 0.3) is 0 Å². The van der Waals surface area contributed by atoms with E-state index >= 15 is 0 Å². The van der Waals surface area contributed by atoms with E-state index in [1.807, 2.05) is 42.5 Å². The molecule has 1 aliphatic carbocycles. The Balaban J connectivity index is 1.66. The Morgan fingerprint density at radius 3 is 2.11 bits per heavy atom. The van der Waals surface area contributed by atoms with Gasteiger partial charge in [0, 0.05) is 0 Å². The Kier molecular flexibility index (Phi) is 3.26. The molecule has 1 saturated carbocycles. The standard InChI is InChI=1S/C17H19NO/c18-13-17(10-11-17)12-14-6-8-16(9-7-14)19-15-4-2-1-3-5-15/h1-9H,10-13,18H2. The van der Waals surface area contributed by atoms with Crippen LogP contribution < -0.4 is 10.5 Å². The van der Waals surface area contributed by atoms with E-state index in [2.05, 4.69) is 12.1 Å². The van der Waals surface area contributed by atoms with Crippen molar-refractivity contribution in [3.8, 4) is 11.5 Å². The highest BCUT2D eigenvalue weighted by Gasteiger charge is 2.40. The molecule has 1 fully saturated rings. The Labute approximate surface area is 114 Å². The molecule has 0 amide bonds. The molecular formula is C17H19NO. The number of ether oxygens (including phenoxy) is 1. The minimum atomic E-state index is 0.391. The van der Waals surface area contributed by atoms with Crippen LogP contribution in [0.15, 0.2) is 54.6 Å². The van der Waals surface area contributed by atoms with Gasteiger partial charge in [0.1, 0.15) is 11.5 Å². The zero-order chi connectivity index (χ0) is 13.1. The van der Waals surface area contributed by atoms with E-state index < -0.39 is 0 Å². The summed E-state index contributed by atoms with van der Waals surface area (Å²) >= 11 is 0. The molecule has 0 heterocycles. The van der Waals surface area contributed by atoms with Gasteiger partial charge in [-0.15, -0.1) is 0 Å². The lowest BCUT2D eigenvalue weighted by atomic mass is 9.97. The van der Waals surface area contributed by atoms with Gasteiger partial charge in [0.15, 0.2) is 0 Å². The fourth-order valence-corrected chi connectivity index (χ4v) is 2.36. The first kappa shape index (κ1) is 12.2. The summed E-state index contributed by atoms with van der Waals surface area (Å²) in [7, 11) is 0. The minimum absolute atomic E-state index is 0.391. The molecule has 1 aliphatic rings. The van der Waals surface area contributed by atoms with E-state index in [0.717, 1.165) is 24.5 Å². The van der Waals surface area contributed by atoms with Crippen molar-refractivity contribution in [3.05, 3.63) is 60.2 Å². The van der Waals surface area contributed by atoms with Crippen LogP contribution in [0.3, 0.4) is 0 Å². The maximum Gasteiger partial charge on any atom is 0.127 e. The minimum Gasteiger partial charge on any atom is -0.457 e. The van der Waals surface area contributed by atoms with Crippen LogP contribution in [-0.2, 0) is 6.42 Å². The summed E-state index contributed by atoms with van der Waals surface area (Å²) in [5.74, 6) is 1.75. The maximum atomic E-state index is 5.82. The molecule has 2 N–H and O–H groups in total. The fourth-order valence-electron chi connectivity index (χ4n) is 2.36. The molecule has 0 aromatic heterocycles. The number of nitrogens with two attached hydrogens (primary N) is 1. The molecule has 0 bridgehead atoms. The van der Waals surface area contributed by atoms with Crippen molar-refractivity contribution in [1.29, 1.82) is 0 Å². The van der Waals surface area contributed by atoms with Crippen LogP contribution in [0, 0.1) is 5.41 Å². The van der Waals surface area contributed by atoms with Crippen LogP contribution in [0.4, 0.5) is 0 Å². The molecule has 2 nitrogen and oxygen atoms in total. The van der Waals surface area contributed by atoms with Gasteiger partial charge in [-0.05, 0) is 61.1 Å². The lowest BCUT2D eigenvalue weighted by molar-refractivity contribution is 0.481. The van der Waals surface area contributed by atoms with Gasteiger partial charge in [-0.25, -0.2) is 0 Å². The Morgan fingerprint density at radius 1 is 0.895 bits per heavy atom. The van der Waals surface area contributed by atoms with Gasteiger partial charge < -0.3 is 10.5 Å². The number of para-hydroxylation sites is 1. The van der Waals surface area contributed by atoms with Gasteiger partial charge in [-0.3, -0.25) is 0 Å². The largest absolute Gasteiger partial charge is 0.457 e. The third-order valence-electron chi connectivity index (χ3n) is 3.87. The zero-order valence-electron chi connectivity index (χ0n) is 11.0. The van der Waals surface area contributed by atoms with E-state index in [0.29, 0.717) is 5.41 Å². The predicted octanol–water partition coefficient (Wildman–Crippen LogP) is 3.76. The number of benzene rings is 2. The summed E-state index contributed by atoms with van der Waals surface area (Å²) < 4.78 is 5.78. The van der Waals surface area contributed by atoms with Gasteiger partial charge in [0.25, 0.3) is 0 Å². The molecule has 3 rings (SSSR count). The molecular weight excluding hydrogens is 234 g/mol. The van der Waals surface area contributed by atoms with Crippen molar-refractivity contribution in [2.45, 2.75) is 19.3 Å². The summed E-state index contributed by atoms with van der Waals surface area (Å²) in [5.41, 5.74) is 7.57. The maximum absolute atomic E-state index is 5.82. The van der Waals surface area contributed by atoms with Crippen molar-refractivity contribution in [3.63, 3.8) is 0 Å². The molecule has 0 spiro atoms. The van der Waals surface area contributed by atoms with E-state index in [1.165, 1.54) is 18.4 Å². The van der Waals surface area contributed by atoms with Gasteiger partial charge in [-0.1, -0.05) is 30.3 Å². The van der Waals surface area contributed by atoms with E-state index in [-0.39, 0.29) is 0 Å². The topological polar surface area (TPSA) is 35.2 Å². The van der Waals surface area contributed by atoms with Crippen LogP contribution in [-0.4, -0.2) is 6.54 Å². The van der Waals surface area contributed by atoms with Crippen molar-refractivity contribution in [2.24, 2.45) is 11.1 Å². The number of rotatable bonds is 5. The fraction of sp³-hybridized carbons (Fsp3) is 0.294. The summed E-state index contributed by atoms with van der Waals surface area (Å²) in [5, 5.41) is 0. The second kappa shape index (κ2) is 5.06. The highest BCUT2D eigenvalue weighted by atomic mass is 16.5. The number of hydrogen-bond donors (Lipinski definition) is 1. The third-order valence-corrected chi connectivity index (χ3v) is 3.87. The Hall–Kier alpha value is -1.80. The first-order valence-corrected chi connectivity index (χ1v) is 6.82. The van der Waals surface area contributed by atoms with Crippen molar-refractivity contribution in [2.75, 3.05) is 6.54 Å². The molecule has 0 radical (unpaired) electrons. The highest BCUT2D eigenvalue weighted by Crippen LogP contribution is 2.47. The van der Waals surface area contributed by atoms with Gasteiger partial charge in [-0.2, -0.15) is 0 Å². The van der Waals surface area contributed by atoms with Crippen molar-refractivity contribution >= 4 is 0 Å². The Morgan fingerprint density at radius 2 is 1.53 bits per heavy atom. The smallest absolute Gasteiger partial charge is 0.127 e. The van der Waals surface area contributed by atoms with Crippen molar-refractivity contribution in [1.82, 2.24) is 0 Å². The van der Waals surface area contributed by atoms with E-state index in [4.69, 9.17) is 10.5 Å². The SMILES string of the molecule is NCC1(Cc2ccc(Oc3ccccc3)cc2)CC1. The number of hydrogen-bond acceptors (Lipinski definition) is 2. The summed E-state index contributed by atoms with van der Waals surface area (Å²) in [6.45, 7) is 0.801. The summed E-state index contributed by atoms with van der Waals surface area (Å²) in [6.07, 6.45) is 3.63. The second-order valence-corrected chi connectivity index (χ2v) is 5.44. The molecule has 2 aromatic carbocycles. The molecule has 98 valence electrons. The van der Waals surface area contributed by atoms with Crippen LogP contribution in [0.1, 0.15) is 18.4 Å². The van der Waals surface area contributed by atoms with Crippen LogP contribution in [0.2, 0.25) is 0 Å². The van der Waals surface area contributed by atoms with Gasteiger partial charge >= 0.3 is 0 Å². The predicted molar refractivity (Wildman–Crippen MR) is 77.4 cm³/mol. The average molecular weight is 253 g/mol. The molecule has 19 heavy (non-hydrogen) atoms. The average Bonchev–Trinajstić information content (AvgIpc) is 3.23. The Bertz CT molecular complexity index is 529. The second-order valence-electron chi connectivity index (χ2n) is 5.44. The first-order valence-electron chi connectivity index (χ1n) is 6.82. The van der Waals surface area contributed by atoms with Crippen LogP contribution >= 0.6 is 0 Å². The lowest BCUT2D eigenvalue weighted by Gasteiger charge is -2.12. The van der Waals surface area contributed by atoms with Crippen molar-refractivity contribution < 1.29 is 4.74 Å². The zero-order valence-corrected chi connectivity index (χ0v) is 11.0. The molecule has 0 aliphatic heterocycles. The van der Waals surface area contributed by atoms with Gasteiger partial charge in [0.05, 0.1) is 0 Å². The quantitative estimate of drug-likeness (QED) is 0.880. The van der Waals surface area contributed by atoms with E-state index in [1.54, 1.807) is 0 Å². The molecule has 2 aromatic rings. The normalized spacial score (nSPS) is 16.1. The molecule has 0 unspecified atom stereocenters. The van der Waals surface area contributed by atoms with Gasteiger partial charge in [0.2, 0.25) is 0 Å². The molecule has 2 heteroatoms. The molecule has 0 saturated heterocycles. The monoisotopic (exact) mass is 253 g/mol. The summed E-state index contributed by atoms with van der Waals surface area (Å²) in [4.78, 5) is 0. The lowest BCUT2D eigenvalue weighted by Crippen LogP contribution is -2.17.